The Morgan fingerprint density at radius 2 is 1.75 bits per heavy atom. The Morgan fingerprint density at radius 3 is 2.32 bits per heavy atom. The Hall–Kier alpha value is -1.15. The molecule has 0 aliphatic carbocycles. The lowest BCUT2D eigenvalue weighted by Gasteiger charge is -2.25. The zero-order valence-electron chi connectivity index (χ0n) is 16.6. The lowest BCUT2D eigenvalue weighted by atomic mass is 9.90. The Bertz CT molecular complexity index is 763. The summed E-state index contributed by atoms with van der Waals surface area (Å²) in [4.78, 5) is 14.7. The summed E-state index contributed by atoms with van der Waals surface area (Å²) in [5, 5.41) is 0. The lowest BCUT2D eigenvalue weighted by Crippen LogP contribution is -2.35. The molecule has 2 aliphatic heterocycles. The Labute approximate surface area is 174 Å². The molecule has 0 bridgehead atoms. The molecule has 1 aromatic carbocycles. The summed E-state index contributed by atoms with van der Waals surface area (Å²) in [6.45, 7) is 5.45. The number of likely N-dealkylation sites (tertiary alicyclic amines) is 1. The van der Waals surface area contributed by atoms with E-state index in [0.29, 0.717) is 37.4 Å². The van der Waals surface area contributed by atoms with Crippen molar-refractivity contribution < 1.29 is 13.2 Å². The first-order chi connectivity index (χ1) is 12.8. The van der Waals surface area contributed by atoms with Gasteiger partial charge in [-0.05, 0) is 55.3 Å². The third-order valence-electron chi connectivity index (χ3n) is 5.91. The van der Waals surface area contributed by atoms with Gasteiger partial charge in [0, 0.05) is 32.6 Å². The van der Waals surface area contributed by atoms with Crippen molar-refractivity contribution in [3.63, 3.8) is 0 Å². The standard InChI is InChI=1S/C20H31N3O3S.ClH/c1-20(15-21)11-14-22(16-20)19(24)10-7-17-5-8-18(9-6-17)27(25,26)23-12-3-2-4-13-23;/h5-6,8-9H,2-4,7,10-16,21H2,1H3;1H. The quantitative estimate of drug-likeness (QED) is 0.752. The summed E-state index contributed by atoms with van der Waals surface area (Å²) < 4.78 is 26.9. The number of aryl methyl sites for hydroxylation is 1. The number of nitrogens with two attached hydrogens (primary N) is 1. The first kappa shape index (κ1) is 23.1. The molecular weight excluding hydrogens is 398 g/mol. The van der Waals surface area contributed by atoms with Crippen LogP contribution in [0, 0.1) is 5.41 Å². The van der Waals surface area contributed by atoms with Crippen molar-refractivity contribution >= 4 is 28.3 Å². The van der Waals surface area contributed by atoms with Crippen LogP contribution < -0.4 is 5.73 Å². The van der Waals surface area contributed by atoms with Crippen molar-refractivity contribution in [2.45, 2.75) is 50.3 Å². The van der Waals surface area contributed by atoms with Gasteiger partial charge in [-0.3, -0.25) is 4.79 Å². The molecule has 0 spiro atoms. The molecular formula is C20H32ClN3O3S. The highest BCUT2D eigenvalue weighted by Gasteiger charge is 2.34. The number of benzene rings is 1. The zero-order valence-corrected chi connectivity index (χ0v) is 18.2. The molecule has 0 aromatic heterocycles. The summed E-state index contributed by atoms with van der Waals surface area (Å²) in [5.41, 5.74) is 6.84. The average Bonchev–Trinajstić information content (AvgIpc) is 3.10. The minimum absolute atomic E-state index is 0. The van der Waals surface area contributed by atoms with Crippen LogP contribution in [0.5, 0.6) is 0 Å². The Balaban J connectivity index is 0.00000280. The number of carbonyl (C=O) groups is 1. The Kier molecular flexibility index (Phi) is 7.90. The highest BCUT2D eigenvalue weighted by atomic mass is 35.5. The van der Waals surface area contributed by atoms with Gasteiger partial charge in [0.05, 0.1) is 4.90 Å². The second-order valence-electron chi connectivity index (χ2n) is 8.19. The van der Waals surface area contributed by atoms with Crippen molar-refractivity contribution in [2.75, 3.05) is 32.7 Å². The summed E-state index contributed by atoms with van der Waals surface area (Å²) >= 11 is 0. The summed E-state index contributed by atoms with van der Waals surface area (Å²) in [6, 6.07) is 7.01. The third kappa shape index (κ3) is 5.26. The molecule has 6 nitrogen and oxygen atoms in total. The second kappa shape index (κ2) is 9.57. The zero-order chi connectivity index (χ0) is 19.5. The highest BCUT2D eigenvalue weighted by Crippen LogP contribution is 2.29. The number of amides is 1. The molecule has 2 fully saturated rings. The molecule has 2 N–H and O–H groups in total. The van der Waals surface area contributed by atoms with E-state index in [9.17, 15) is 13.2 Å². The number of hydrogen-bond donors (Lipinski definition) is 1. The van der Waals surface area contributed by atoms with Crippen molar-refractivity contribution in [2.24, 2.45) is 11.1 Å². The van der Waals surface area contributed by atoms with Gasteiger partial charge in [-0.2, -0.15) is 4.31 Å². The van der Waals surface area contributed by atoms with Crippen LogP contribution in [0.25, 0.3) is 0 Å². The molecule has 1 amide bonds. The first-order valence-corrected chi connectivity index (χ1v) is 11.4. The fourth-order valence-electron chi connectivity index (χ4n) is 3.90. The van der Waals surface area contributed by atoms with Crippen LogP contribution in [0.1, 0.15) is 44.6 Å². The monoisotopic (exact) mass is 429 g/mol. The minimum Gasteiger partial charge on any atom is -0.342 e. The fourth-order valence-corrected chi connectivity index (χ4v) is 5.41. The molecule has 2 aliphatic rings. The van der Waals surface area contributed by atoms with Crippen molar-refractivity contribution in [1.29, 1.82) is 0 Å². The number of carbonyl (C=O) groups excluding carboxylic acids is 1. The number of sulfonamides is 1. The van der Waals surface area contributed by atoms with Crippen LogP contribution in [0.4, 0.5) is 0 Å². The summed E-state index contributed by atoms with van der Waals surface area (Å²) in [6.07, 6.45) is 4.98. The predicted molar refractivity (Wildman–Crippen MR) is 113 cm³/mol. The summed E-state index contributed by atoms with van der Waals surface area (Å²) in [7, 11) is -3.39. The maximum atomic E-state index is 12.7. The lowest BCUT2D eigenvalue weighted by molar-refractivity contribution is -0.130. The number of hydrogen-bond acceptors (Lipinski definition) is 4. The van der Waals surface area contributed by atoms with E-state index < -0.39 is 10.0 Å². The van der Waals surface area contributed by atoms with E-state index in [4.69, 9.17) is 5.73 Å². The van der Waals surface area contributed by atoms with Crippen LogP contribution in [0.2, 0.25) is 0 Å². The van der Waals surface area contributed by atoms with E-state index in [1.165, 1.54) is 0 Å². The van der Waals surface area contributed by atoms with Gasteiger partial charge < -0.3 is 10.6 Å². The van der Waals surface area contributed by atoms with Crippen LogP contribution in [-0.4, -0.2) is 56.3 Å². The van der Waals surface area contributed by atoms with E-state index in [2.05, 4.69) is 6.92 Å². The smallest absolute Gasteiger partial charge is 0.243 e. The minimum atomic E-state index is -3.39. The van der Waals surface area contributed by atoms with Crippen LogP contribution >= 0.6 is 12.4 Å². The van der Waals surface area contributed by atoms with E-state index in [0.717, 1.165) is 44.3 Å². The number of piperidine rings is 1. The molecule has 1 aromatic rings. The van der Waals surface area contributed by atoms with Gasteiger partial charge in [0.2, 0.25) is 15.9 Å². The molecule has 8 heteroatoms. The van der Waals surface area contributed by atoms with Gasteiger partial charge >= 0.3 is 0 Å². The maximum absolute atomic E-state index is 12.7. The first-order valence-electron chi connectivity index (χ1n) is 9.91. The fraction of sp³-hybridized carbons (Fsp3) is 0.650. The molecule has 1 atom stereocenters. The van der Waals surface area contributed by atoms with Crippen LogP contribution in [-0.2, 0) is 21.2 Å². The van der Waals surface area contributed by atoms with Crippen molar-refractivity contribution in [1.82, 2.24) is 9.21 Å². The number of rotatable bonds is 6. The largest absolute Gasteiger partial charge is 0.342 e. The van der Waals surface area contributed by atoms with Gasteiger partial charge in [-0.1, -0.05) is 25.5 Å². The van der Waals surface area contributed by atoms with Crippen molar-refractivity contribution in [3.8, 4) is 0 Å². The highest BCUT2D eigenvalue weighted by molar-refractivity contribution is 7.89. The predicted octanol–water partition coefficient (Wildman–Crippen LogP) is 2.41. The molecule has 1 unspecified atom stereocenters. The molecule has 2 heterocycles. The molecule has 0 saturated carbocycles. The van der Waals surface area contributed by atoms with E-state index in [1.54, 1.807) is 16.4 Å². The third-order valence-corrected chi connectivity index (χ3v) is 7.82. The number of nitrogens with zero attached hydrogens (tertiary/aromatic N) is 2. The maximum Gasteiger partial charge on any atom is 0.243 e. The second-order valence-corrected chi connectivity index (χ2v) is 10.1. The van der Waals surface area contributed by atoms with Gasteiger partial charge in [0.15, 0.2) is 0 Å². The molecule has 28 heavy (non-hydrogen) atoms. The Morgan fingerprint density at radius 1 is 1.11 bits per heavy atom. The van der Waals surface area contributed by atoms with Gasteiger partial charge in [-0.25, -0.2) is 8.42 Å². The average molecular weight is 430 g/mol. The van der Waals surface area contributed by atoms with Gasteiger partial charge in [0.1, 0.15) is 0 Å². The topological polar surface area (TPSA) is 83.7 Å². The SMILES string of the molecule is CC1(CN)CCN(C(=O)CCc2ccc(S(=O)(=O)N3CCCCC3)cc2)C1.Cl. The van der Waals surface area contributed by atoms with Gasteiger partial charge in [-0.15, -0.1) is 12.4 Å². The van der Waals surface area contributed by atoms with E-state index in [-0.39, 0.29) is 23.7 Å². The van der Waals surface area contributed by atoms with Crippen molar-refractivity contribution in [3.05, 3.63) is 29.8 Å². The normalized spacial score (nSPS) is 23.4. The number of halogens is 1. The molecule has 3 rings (SSSR count). The molecule has 0 radical (unpaired) electrons. The van der Waals surface area contributed by atoms with Crippen LogP contribution in [0.15, 0.2) is 29.2 Å². The van der Waals surface area contributed by atoms with Crippen LogP contribution in [0.3, 0.4) is 0 Å². The van der Waals surface area contributed by atoms with E-state index >= 15 is 0 Å². The summed E-state index contributed by atoms with van der Waals surface area (Å²) in [5.74, 6) is 0.150. The van der Waals surface area contributed by atoms with Gasteiger partial charge in [0.25, 0.3) is 0 Å². The molecule has 158 valence electrons. The molecule has 2 saturated heterocycles. The van der Waals surface area contributed by atoms with E-state index in [1.807, 2.05) is 17.0 Å².